The van der Waals surface area contributed by atoms with Crippen molar-refractivity contribution in [3.8, 4) is 57.1 Å². The Hall–Kier alpha value is -7.27. The van der Waals surface area contributed by atoms with Gasteiger partial charge in [-0.2, -0.15) is 0 Å². The van der Waals surface area contributed by atoms with E-state index in [1.54, 1.807) is 25.3 Å². The van der Waals surface area contributed by atoms with Gasteiger partial charge in [0, 0.05) is 23.2 Å². The van der Waals surface area contributed by atoms with Crippen molar-refractivity contribution in [1.82, 2.24) is 42.1 Å². The van der Waals surface area contributed by atoms with Crippen molar-refractivity contribution < 1.29 is 181 Å². The quantitative estimate of drug-likeness (QED) is 0.0440. The van der Waals surface area contributed by atoms with Gasteiger partial charge in [0.2, 0.25) is 53.4 Å². The van der Waals surface area contributed by atoms with Crippen LogP contribution >= 0.6 is 23.2 Å². The number of nitrogens with two attached hydrogens (primary N) is 1. The molecule has 7 amide bonds. The normalized spacial score (nSPS) is 28.7. The first-order valence-corrected chi connectivity index (χ1v) is 33.3. The molecule has 105 heavy (non-hydrogen) atoms. The summed E-state index contributed by atoms with van der Waals surface area (Å²) in [6, 6.07) is -0.842. The molecule has 7 aliphatic rings. The summed E-state index contributed by atoms with van der Waals surface area (Å²) in [6.07, 6.45) is -22.3. The molecule has 19 atom stereocenters. The first-order valence-electron chi connectivity index (χ1n) is 32.5. The summed E-state index contributed by atoms with van der Waals surface area (Å²) in [7, 11) is 4.69. The van der Waals surface area contributed by atoms with Crippen LogP contribution in [0.2, 0.25) is 10.0 Å². The van der Waals surface area contributed by atoms with Gasteiger partial charge in [-0.25, -0.2) is 6.29 Å². The summed E-state index contributed by atoms with van der Waals surface area (Å²) in [5, 5.41) is 143. The molecule has 7 heterocycles. The Labute approximate surface area is 657 Å². The number of nitrogens with zero attached hydrogens (tertiary/aromatic N) is 1. The number of benzene rings is 5. The smallest absolute Gasteiger partial charge is 0.540 e. The molecule has 2 saturated heterocycles. The van der Waals surface area contributed by atoms with E-state index in [2.05, 4.69) is 37.2 Å². The van der Waals surface area contributed by atoms with Crippen LogP contribution in [0.15, 0.2) is 72.8 Å². The van der Waals surface area contributed by atoms with Crippen LogP contribution in [0, 0.1) is 12.8 Å². The van der Waals surface area contributed by atoms with Crippen LogP contribution in [0.25, 0.3) is 11.1 Å². The van der Waals surface area contributed by atoms with E-state index in [1.165, 1.54) is 26.1 Å². The van der Waals surface area contributed by atoms with Crippen LogP contribution in [0.1, 0.15) is 90.4 Å². The Kier molecular flexibility index (Phi) is 26.7. The number of rotatable bonds is 15. The molecule has 0 spiro atoms. The molecule has 1 unspecified atom stereocenters. The fourth-order valence-corrected chi connectivity index (χ4v) is 13.1. The van der Waals surface area contributed by atoms with Gasteiger partial charge in [-0.3, -0.25) is 38.5 Å². The Bertz CT molecular complexity index is 4140. The van der Waals surface area contributed by atoms with Crippen molar-refractivity contribution in [2.24, 2.45) is 11.7 Å². The molecule has 5 aromatic rings. The third-order valence-electron chi connectivity index (χ3n) is 18.3. The molecule has 560 valence electrons. The SMILES string of the molecule is CNC[C@H]1O[C@@H](O[C@H]2[C@H](O)[C@@H](O)C(Oc3c4cc5cc3Oc3ccc(cc3Cl)[C@@H](O)[C@@H](NC(=O)[C@@H](CC(C)C)N(C)C)C(=O)N[C@@H](CC(N)=O)C(=O)N[C@H]5C(=O)N[C@H]3C(=O)N[C@H](C(=O)N[C@@H]([C-]=O)c5cc(O)c(C)c(O)c5-c5cc3ccc5O)[C@H](O)c3ccc(c(Cl)c3)O4)O[C@@H]2CO)[C@H](O)[C@@H](O)[C@H]1O.[Rb+]. The maximum Gasteiger partial charge on any atom is 1.00 e. The molecule has 34 nitrogen and oxygen atoms in total. The van der Waals surface area contributed by atoms with Gasteiger partial charge >= 0.3 is 58.2 Å². The molecule has 5 aromatic carbocycles. The first-order chi connectivity index (χ1) is 49.2. The van der Waals surface area contributed by atoms with Gasteiger partial charge in [-0.05, 0) is 129 Å². The van der Waals surface area contributed by atoms with Gasteiger partial charge < -0.3 is 132 Å². The minimum atomic E-state index is -2.35. The number of ether oxygens (including phenoxy) is 6. The molecule has 2 fully saturated rings. The molecule has 11 bridgehead atoms. The van der Waals surface area contributed by atoms with E-state index in [9.17, 15) is 80.1 Å². The summed E-state index contributed by atoms with van der Waals surface area (Å²) in [4.78, 5) is 119. The van der Waals surface area contributed by atoms with E-state index in [0.29, 0.717) is 0 Å². The summed E-state index contributed by atoms with van der Waals surface area (Å²) in [5.74, 6) is -13.9. The van der Waals surface area contributed by atoms with Gasteiger partial charge in [0.25, 0.3) is 0 Å². The molecule has 0 aromatic heterocycles. The molecular formula is C68H78Cl2N9O25Rb. The number of phenols is 3. The van der Waals surface area contributed by atoms with Crippen molar-refractivity contribution in [2.75, 3.05) is 34.3 Å². The fraction of sp³-hybridized carbons (Fsp3) is 0.441. The summed E-state index contributed by atoms with van der Waals surface area (Å²) < 4.78 is 37.3. The van der Waals surface area contributed by atoms with Crippen LogP contribution in [0.5, 0.6) is 46.0 Å². The monoisotopic (exact) mass is 1580 g/mol. The molecule has 20 N–H and O–H groups in total. The number of likely N-dealkylation sites (N-methyl/N-ethyl adjacent to an activating group) is 2. The second kappa shape index (κ2) is 34.3. The third-order valence-corrected chi connectivity index (χ3v) is 18.9. The van der Waals surface area contributed by atoms with Crippen LogP contribution in [0.3, 0.4) is 0 Å². The molecule has 37 heteroatoms. The zero-order valence-corrected chi connectivity index (χ0v) is 63.6. The van der Waals surface area contributed by atoms with Gasteiger partial charge in [-0.1, -0.05) is 55.2 Å². The average molecular weight is 1580 g/mol. The maximum atomic E-state index is 16.0. The predicted molar refractivity (Wildman–Crippen MR) is 360 cm³/mol. The number of fused-ring (bicyclic) bond motifs is 15. The number of amides is 7. The number of nitrogens with one attached hydrogen (secondary N) is 7. The number of hydrogen-bond acceptors (Lipinski definition) is 27. The molecule has 0 aliphatic carbocycles. The van der Waals surface area contributed by atoms with E-state index in [1.807, 2.05) is 13.8 Å². The van der Waals surface area contributed by atoms with Crippen molar-refractivity contribution in [1.29, 1.82) is 0 Å². The number of phenolic OH excluding ortho intramolecular Hbond substituents is 3. The van der Waals surface area contributed by atoms with Crippen LogP contribution in [-0.2, 0) is 52.6 Å². The number of aliphatic hydroxyl groups is 8. The topological polar surface area (TPSA) is 528 Å². The summed E-state index contributed by atoms with van der Waals surface area (Å²) in [6.45, 7) is 3.79. The van der Waals surface area contributed by atoms with Crippen LogP contribution in [0.4, 0.5) is 0 Å². The van der Waals surface area contributed by atoms with Crippen LogP contribution in [-0.4, -0.2) is 229 Å². The number of primary amides is 1. The largest absolute Gasteiger partial charge is 1.00 e. The Morgan fingerprint density at radius 3 is 1.83 bits per heavy atom. The van der Waals surface area contributed by atoms with Crippen molar-refractivity contribution in [3.05, 3.63) is 116 Å². The Morgan fingerprint density at radius 2 is 1.25 bits per heavy atom. The van der Waals surface area contributed by atoms with Crippen LogP contribution < -0.4 is 115 Å². The van der Waals surface area contributed by atoms with Crippen molar-refractivity contribution >= 4 is 70.8 Å². The molecule has 0 saturated carbocycles. The fourth-order valence-electron chi connectivity index (χ4n) is 12.6. The van der Waals surface area contributed by atoms with Gasteiger partial charge in [-0.15, -0.1) is 0 Å². The summed E-state index contributed by atoms with van der Waals surface area (Å²) >= 11 is 14.1. The van der Waals surface area contributed by atoms with Gasteiger partial charge in [0.15, 0.2) is 17.8 Å². The molecular weight excluding hydrogens is 1500 g/mol. The number of aromatic hydroxyl groups is 3. The van der Waals surface area contributed by atoms with E-state index in [0.717, 1.165) is 60.7 Å². The number of carbonyl (C=O) groups is 7. The number of hydrogen-bond donors (Lipinski definition) is 19. The van der Waals surface area contributed by atoms with Gasteiger partial charge in [0.1, 0.15) is 120 Å². The molecule has 0 radical (unpaired) electrons. The second-order valence-corrected chi connectivity index (χ2v) is 27.0. The minimum absolute atomic E-state index is 0. The summed E-state index contributed by atoms with van der Waals surface area (Å²) in [5.41, 5.74) is 3.11. The van der Waals surface area contributed by atoms with E-state index in [4.69, 9.17) is 57.4 Å². The molecule has 7 aliphatic heterocycles. The third kappa shape index (κ3) is 17.5. The predicted octanol–water partition coefficient (Wildman–Crippen LogP) is -4.40. The first kappa shape index (κ1) is 81.8. The minimum Gasteiger partial charge on any atom is -0.540 e. The zero-order chi connectivity index (χ0) is 75.8. The van der Waals surface area contributed by atoms with E-state index >= 15 is 14.4 Å². The Balaban J connectivity index is 0.0000128. The van der Waals surface area contributed by atoms with Crippen molar-refractivity contribution in [3.63, 3.8) is 0 Å². The number of carbonyl (C=O) groups excluding carboxylic acids is 8. The average Bonchev–Trinajstić information content (AvgIpc) is 0.771. The second-order valence-electron chi connectivity index (χ2n) is 26.2. The Morgan fingerprint density at radius 1 is 0.667 bits per heavy atom. The van der Waals surface area contributed by atoms with E-state index in [-0.39, 0.29) is 121 Å². The standard InChI is InChI=1S/C68H78Cl2N9O25.Rb/c1-24(2)13-36(79(5)6)62(94)77-49-52(86)27-8-11-39(32(69)15-27)99-41-17-29-18-42(59(41)103-68-58(92)56(90)60(44(23-81)102-68)104-67-57(91)55(89)54(88)43(101-67)21-72-4)100-40-12-9-28(16-33(40)70)53(87)50-66(98)74-35(22-80)30-19-38(83)25(3)51(85)46(30)31-14-26(7-10-37(31)82)47(63(95)78-50)76-64(96)48(29)75-61(93)34(20-45(71)84)73-65(49)97;/h7-12,14-19,24,34-36,43-44,47-50,52-58,60,67-68,72,81-83,85-92H,13,20-21,23H2,1-6H3,(H2,71,84)(H,73,97)(H,74,98)(H,75,93)(H,76,96)(H,77,94)(H,78,95);/q-1;+1/t34-,35-,36+,43+,44+,47+,48+,49+,50-,52+,53+,54-,55-,56+,57+,58+,60+,67-,68?;/m0./s1. The van der Waals surface area contributed by atoms with Crippen molar-refractivity contribution in [2.45, 2.75) is 150 Å². The maximum absolute atomic E-state index is 16.0. The number of halogens is 2. The van der Waals surface area contributed by atoms with Gasteiger partial charge in [0.05, 0.1) is 29.1 Å². The van der Waals surface area contributed by atoms with E-state index < -0.39 is 227 Å². The zero-order valence-electron chi connectivity index (χ0n) is 57.2. The number of aliphatic hydroxyl groups excluding tert-OH is 8. The molecule has 12 rings (SSSR count).